The van der Waals surface area contributed by atoms with E-state index in [1.54, 1.807) is 7.11 Å². The Morgan fingerprint density at radius 2 is 2.55 bits per heavy atom. The lowest BCUT2D eigenvalue weighted by molar-refractivity contribution is 0.196. The van der Waals surface area contributed by atoms with E-state index in [2.05, 4.69) is 17.1 Å². The fourth-order valence-corrected chi connectivity index (χ4v) is 2.37. The van der Waals surface area contributed by atoms with E-state index in [1.807, 2.05) is 0 Å². The zero-order valence-corrected chi connectivity index (χ0v) is 7.95. The van der Waals surface area contributed by atoms with Gasteiger partial charge in [-0.15, -0.1) is 0 Å². The largest absolute Gasteiger partial charge is 0.383 e. The molecule has 0 aliphatic carbocycles. The maximum absolute atomic E-state index is 4.96. The van der Waals surface area contributed by atoms with Crippen LogP contribution >= 0.6 is 11.8 Å². The van der Waals surface area contributed by atoms with Crippen LogP contribution in [0.25, 0.3) is 0 Å². The lowest BCUT2D eigenvalue weighted by atomic mass is 10.2. The number of thioether (sulfide) groups is 1. The Labute approximate surface area is 73.1 Å². The number of methoxy groups -OCH3 is 1. The highest BCUT2D eigenvalue weighted by Crippen LogP contribution is 2.16. The van der Waals surface area contributed by atoms with Crippen LogP contribution in [-0.2, 0) is 4.74 Å². The van der Waals surface area contributed by atoms with Crippen LogP contribution in [0.5, 0.6) is 0 Å². The molecule has 0 spiro atoms. The van der Waals surface area contributed by atoms with Crippen molar-refractivity contribution >= 4 is 11.8 Å². The first-order chi connectivity index (χ1) is 5.43. The van der Waals surface area contributed by atoms with Crippen molar-refractivity contribution < 1.29 is 4.74 Å². The minimum Gasteiger partial charge on any atom is -0.383 e. The molecule has 1 aliphatic rings. The molecule has 0 aromatic carbocycles. The smallest absolute Gasteiger partial charge is 0.0587 e. The van der Waals surface area contributed by atoms with Gasteiger partial charge < -0.3 is 10.1 Å². The van der Waals surface area contributed by atoms with Crippen LogP contribution in [0, 0.1) is 0 Å². The molecule has 0 saturated carbocycles. The van der Waals surface area contributed by atoms with Gasteiger partial charge in [0.15, 0.2) is 0 Å². The lowest BCUT2D eigenvalue weighted by Crippen LogP contribution is -2.35. The molecule has 11 heavy (non-hydrogen) atoms. The van der Waals surface area contributed by atoms with E-state index in [9.17, 15) is 0 Å². The molecule has 0 aromatic rings. The van der Waals surface area contributed by atoms with Crippen molar-refractivity contribution in [2.24, 2.45) is 0 Å². The van der Waals surface area contributed by atoms with Crippen LogP contribution < -0.4 is 5.32 Å². The van der Waals surface area contributed by atoms with E-state index in [1.165, 1.54) is 24.3 Å². The maximum Gasteiger partial charge on any atom is 0.0587 e. The Balaban J connectivity index is 1.96. The number of nitrogens with one attached hydrogen (secondary N) is 1. The van der Waals surface area contributed by atoms with Crippen LogP contribution in [0.15, 0.2) is 0 Å². The maximum atomic E-state index is 4.96. The first-order valence-electron chi connectivity index (χ1n) is 4.23. The molecular weight excluding hydrogens is 158 g/mol. The van der Waals surface area contributed by atoms with Gasteiger partial charge in [0.25, 0.3) is 0 Å². The van der Waals surface area contributed by atoms with Crippen molar-refractivity contribution in [3.8, 4) is 0 Å². The Morgan fingerprint density at radius 3 is 3.18 bits per heavy atom. The summed E-state index contributed by atoms with van der Waals surface area (Å²) in [4.78, 5) is 0. The van der Waals surface area contributed by atoms with E-state index in [-0.39, 0.29) is 0 Å². The van der Waals surface area contributed by atoms with E-state index < -0.39 is 0 Å². The van der Waals surface area contributed by atoms with Gasteiger partial charge in [-0.25, -0.2) is 0 Å². The van der Waals surface area contributed by atoms with Crippen LogP contribution in [0.2, 0.25) is 0 Å². The lowest BCUT2D eigenvalue weighted by Gasteiger charge is -2.22. The highest BCUT2D eigenvalue weighted by atomic mass is 32.2. The fourth-order valence-electron chi connectivity index (χ4n) is 1.27. The molecule has 1 fully saturated rings. The highest BCUT2D eigenvalue weighted by Gasteiger charge is 2.11. The molecule has 1 saturated heterocycles. The molecule has 66 valence electrons. The van der Waals surface area contributed by atoms with Gasteiger partial charge in [0.2, 0.25) is 0 Å². The summed E-state index contributed by atoms with van der Waals surface area (Å²) < 4.78 is 4.96. The van der Waals surface area contributed by atoms with Crippen LogP contribution in [0.1, 0.15) is 12.8 Å². The average molecular weight is 175 g/mol. The van der Waals surface area contributed by atoms with Crippen molar-refractivity contribution in [1.82, 2.24) is 5.32 Å². The van der Waals surface area contributed by atoms with Crippen LogP contribution in [-0.4, -0.2) is 37.8 Å². The number of ether oxygens (including phenoxy) is 1. The normalized spacial score (nSPS) is 25.4. The summed E-state index contributed by atoms with van der Waals surface area (Å²) in [7, 11) is 1.75. The third-order valence-electron chi connectivity index (χ3n) is 1.90. The van der Waals surface area contributed by atoms with Crippen molar-refractivity contribution in [3.63, 3.8) is 0 Å². The van der Waals surface area contributed by atoms with Gasteiger partial charge in [0.05, 0.1) is 6.61 Å². The van der Waals surface area contributed by atoms with Gasteiger partial charge in [-0.1, -0.05) is 0 Å². The second-order valence-electron chi connectivity index (χ2n) is 2.86. The number of rotatable bonds is 4. The van der Waals surface area contributed by atoms with Crippen LogP contribution in [0.4, 0.5) is 0 Å². The highest BCUT2D eigenvalue weighted by molar-refractivity contribution is 7.99. The van der Waals surface area contributed by atoms with Gasteiger partial charge >= 0.3 is 0 Å². The average Bonchev–Trinajstić information content (AvgIpc) is 2.07. The molecule has 0 radical (unpaired) electrons. The zero-order chi connectivity index (χ0) is 7.94. The molecule has 1 N–H and O–H groups in total. The second-order valence-corrected chi connectivity index (χ2v) is 4.01. The Kier molecular flexibility index (Phi) is 4.99. The number of hydrogen-bond acceptors (Lipinski definition) is 3. The van der Waals surface area contributed by atoms with Crippen molar-refractivity contribution in [2.45, 2.75) is 18.9 Å². The molecule has 1 heterocycles. The van der Waals surface area contributed by atoms with Gasteiger partial charge in [0, 0.05) is 25.4 Å². The minimum atomic E-state index is 0.740. The van der Waals surface area contributed by atoms with Crippen LogP contribution in [0.3, 0.4) is 0 Å². The summed E-state index contributed by atoms with van der Waals surface area (Å²) in [6.45, 7) is 1.84. The van der Waals surface area contributed by atoms with E-state index in [0.717, 1.165) is 19.2 Å². The standard InChI is InChI=1S/C8H17NOS/c1-10-5-4-9-8-3-2-6-11-7-8/h8-9H,2-7H2,1H3. The van der Waals surface area contributed by atoms with Gasteiger partial charge in [-0.05, 0) is 18.6 Å². The molecule has 0 amide bonds. The summed E-state index contributed by atoms with van der Waals surface area (Å²) >= 11 is 2.06. The molecule has 1 rings (SSSR count). The topological polar surface area (TPSA) is 21.3 Å². The monoisotopic (exact) mass is 175 g/mol. The Bertz CT molecular complexity index is 94.1. The van der Waals surface area contributed by atoms with Crippen molar-refractivity contribution in [2.75, 3.05) is 31.8 Å². The Morgan fingerprint density at radius 1 is 1.64 bits per heavy atom. The molecule has 0 bridgehead atoms. The Hall–Kier alpha value is 0.270. The summed E-state index contributed by atoms with van der Waals surface area (Å²) in [6.07, 6.45) is 2.71. The molecule has 0 aromatic heterocycles. The summed E-state index contributed by atoms with van der Waals surface area (Å²) in [6, 6.07) is 0.740. The third-order valence-corrected chi connectivity index (χ3v) is 3.11. The molecular formula is C8H17NOS. The van der Waals surface area contributed by atoms with Crippen molar-refractivity contribution in [1.29, 1.82) is 0 Å². The first-order valence-corrected chi connectivity index (χ1v) is 5.39. The minimum absolute atomic E-state index is 0.740. The van der Waals surface area contributed by atoms with E-state index in [0.29, 0.717) is 0 Å². The summed E-state index contributed by atoms with van der Waals surface area (Å²) in [5, 5.41) is 3.48. The zero-order valence-electron chi connectivity index (χ0n) is 7.14. The predicted octanol–water partition coefficient (Wildman–Crippen LogP) is 1.12. The first kappa shape index (κ1) is 9.36. The quantitative estimate of drug-likeness (QED) is 0.647. The van der Waals surface area contributed by atoms with E-state index >= 15 is 0 Å². The summed E-state index contributed by atoms with van der Waals surface area (Å²) in [5.74, 6) is 2.63. The third kappa shape index (κ3) is 3.99. The SMILES string of the molecule is COCCNC1CCCSC1. The van der Waals surface area contributed by atoms with Gasteiger partial charge in [0.1, 0.15) is 0 Å². The molecule has 3 heteroatoms. The van der Waals surface area contributed by atoms with Gasteiger partial charge in [-0.2, -0.15) is 11.8 Å². The number of hydrogen-bond donors (Lipinski definition) is 1. The molecule has 2 nitrogen and oxygen atoms in total. The predicted molar refractivity (Wildman–Crippen MR) is 50.2 cm³/mol. The fraction of sp³-hybridized carbons (Fsp3) is 1.00. The summed E-state index contributed by atoms with van der Waals surface area (Å²) in [5.41, 5.74) is 0. The molecule has 1 atom stereocenters. The molecule has 1 unspecified atom stereocenters. The van der Waals surface area contributed by atoms with E-state index in [4.69, 9.17) is 4.74 Å². The van der Waals surface area contributed by atoms with Crippen molar-refractivity contribution in [3.05, 3.63) is 0 Å². The second kappa shape index (κ2) is 5.86. The van der Waals surface area contributed by atoms with Gasteiger partial charge in [-0.3, -0.25) is 0 Å². The molecule has 1 aliphatic heterocycles.